The van der Waals surface area contributed by atoms with Crippen LogP contribution < -0.4 is 10.6 Å². The lowest BCUT2D eigenvalue weighted by Crippen LogP contribution is -2.52. The van der Waals surface area contributed by atoms with Crippen LogP contribution in [-0.2, 0) is 14.3 Å². The summed E-state index contributed by atoms with van der Waals surface area (Å²) in [5.41, 5.74) is 4.20. The highest BCUT2D eigenvalue weighted by atomic mass is 16.5. The molecule has 1 aliphatic rings. The average molecular weight is 481 g/mol. The van der Waals surface area contributed by atoms with Crippen molar-refractivity contribution in [1.82, 2.24) is 10.6 Å². The first kappa shape index (κ1) is 26.3. The van der Waals surface area contributed by atoms with Gasteiger partial charge in [-0.2, -0.15) is 0 Å². The average Bonchev–Trinajstić information content (AvgIpc) is 3.12. The van der Waals surface area contributed by atoms with E-state index in [0.29, 0.717) is 12.8 Å². The topological polar surface area (TPSA) is 105 Å². The Balaban J connectivity index is 1.66. The van der Waals surface area contributed by atoms with Gasteiger partial charge in [0, 0.05) is 5.92 Å². The summed E-state index contributed by atoms with van der Waals surface area (Å²) >= 11 is 0. The second-order valence-corrected chi connectivity index (χ2v) is 10.3. The maximum Gasteiger partial charge on any atom is 0.407 e. The fraction of sp³-hybridized carbons (Fsp3) is 0.464. The highest BCUT2D eigenvalue weighted by Crippen LogP contribution is 2.44. The standard InChI is InChI=1S/C28H36N2O5/c1-5-6-15-23(25(31)29-24(26(32)33)16-28(2,3)4)30-27(34)35-17-22-20-13-9-7-11-18(20)19-12-8-10-14-21(19)22/h7-14,22-24H,5-6,15-17H2,1-4H3,(H,29,31)(H,30,34)(H,32,33)/t23-,24?/m0/s1. The van der Waals surface area contributed by atoms with Crippen molar-refractivity contribution in [2.45, 2.75) is 71.4 Å². The molecule has 3 N–H and O–H groups in total. The number of hydrogen-bond donors (Lipinski definition) is 3. The fourth-order valence-electron chi connectivity index (χ4n) is 4.54. The van der Waals surface area contributed by atoms with Crippen molar-refractivity contribution in [3.63, 3.8) is 0 Å². The first-order chi connectivity index (χ1) is 16.6. The molecule has 1 aliphatic carbocycles. The van der Waals surface area contributed by atoms with Gasteiger partial charge in [0.15, 0.2) is 0 Å². The van der Waals surface area contributed by atoms with Crippen molar-refractivity contribution in [2.24, 2.45) is 5.41 Å². The minimum Gasteiger partial charge on any atom is -0.480 e. The van der Waals surface area contributed by atoms with Crippen LogP contribution in [0.1, 0.15) is 70.4 Å². The van der Waals surface area contributed by atoms with Gasteiger partial charge in [0.2, 0.25) is 5.91 Å². The molecule has 7 nitrogen and oxygen atoms in total. The number of fused-ring (bicyclic) bond motifs is 3. The van der Waals surface area contributed by atoms with Gasteiger partial charge in [-0.15, -0.1) is 0 Å². The minimum atomic E-state index is -1.09. The van der Waals surface area contributed by atoms with Crippen molar-refractivity contribution in [1.29, 1.82) is 0 Å². The molecular weight excluding hydrogens is 444 g/mol. The third-order valence-corrected chi connectivity index (χ3v) is 6.23. The number of carbonyl (C=O) groups is 3. The van der Waals surface area contributed by atoms with Crippen LogP contribution in [-0.4, -0.2) is 41.8 Å². The van der Waals surface area contributed by atoms with Crippen molar-refractivity contribution in [3.05, 3.63) is 59.7 Å². The SMILES string of the molecule is CCCC[C@H](NC(=O)OCC1c2ccccc2-c2ccccc21)C(=O)NC(CC(C)(C)C)C(=O)O. The van der Waals surface area contributed by atoms with E-state index < -0.39 is 30.1 Å². The molecule has 7 heteroatoms. The summed E-state index contributed by atoms with van der Waals surface area (Å²) in [5.74, 6) is -1.69. The van der Waals surface area contributed by atoms with Crippen LogP contribution in [0.3, 0.4) is 0 Å². The minimum absolute atomic E-state index is 0.0840. The van der Waals surface area contributed by atoms with Crippen LogP contribution in [0.25, 0.3) is 11.1 Å². The Morgan fingerprint density at radius 1 is 0.943 bits per heavy atom. The number of carboxylic acid groups (broad SMARTS) is 1. The number of hydrogen-bond acceptors (Lipinski definition) is 4. The van der Waals surface area contributed by atoms with Crippen LogP contribution in [0, 0.1) is 5.41 Å². The zero-order valence-electron chi connectivity index (χ0n) is 21.0. The van der Waals surface area contributed by atoms with Gasteiger partial charge in [-0.3, -0.25) is 4.79 Å². The molecular formula is C28H36N2O5. The first-order valence-electron chi connectivity index (χ1n) is 12.3. The molecule has 2 aromatic carbocycles. The van der Waals surface area contributed by atoms with E-state index in [2.05, 4.69) is 22.8 Å². The molecule has 35 heavy (non-hydrogen) atoms. The van der Waals surface area contributed by atoms with Crippen LogP contribution in [0.2, 0.25) is 0 Å². The van der Waals surface area contributed by atoms with E-state index >= 15 is 0 Å². The molecule has 1 unspecified atom stereocenters. The summed E-state index contributed by atoms with van der Waals surface area (Å²) in [6, 6.07) is 14.2. The van der Waals surface area contributed by atoms with Crippen molar-refractivity contribution in [2.75, 3.05) is 6.61 Å². The molecule has 0 fully saturated rings. The number of unbranched alkanes of at least 4 members (excludes halogenated alkanes) is 1. The molecule has 3 rings (SSSR count). The lowest BCUT2D eigenvalue weighted by Gasteiger charge is -2.26. The van der Waals surface area contributed by atoms with Crippen molar-refractivity contribution in [3.8, 4) is 11.1 Å². The number of nitrogens with one attached hydrogen (secondary N) is 2. The van der Waals surface area contributed by atoms with Crippen LogP contribution in [0.4, 0.5) is 4.79 Å². The van der Waals surface area contributed by atoms with E-state index in [0.717, 1.165) is 28.7 Å². The molecule has 0 heterocycles. The third-order valence-electron chi connectivity index (χ3n) is 6.23. The number of benzene rings is 2. The van der Waals surface area contributed by atoms with E-state index in [4.69, 9.17) is 4.74 Å². The lowest BCUT2D eigenvalue weighted by atomic mass is 9.88. The fourth-order valence-corrected chi connectivity index (χ4v) is 4.54. The van der Waals surface area contributed by atoms with Gasteiger partial charge in [0.25, 0.3) is 0 Å². The van der Waals surface area contributed by atoms with E-state index in [1.165, 1.54) is 0 Å². The Labute approximate surface area is 207 Å². The maximum absolute atomic E-state index is 12.9. The van der Waals surface area contributed by atoms with E-state index in [1.807, 2.05) is 64.1 Å². The molecule has 0 aromatic heterocycles. The maximum atomic E-state index is 12.9. The molecule has 0 saturated carbocycles. The Bertz CT molecular complexity index is 1010. The summed E-state index contributed by atoms with van der Waals surface area (Å²) in [7, 11) is 0. The van der Waals surface area contributed by atoms with E-state index in [-0.39, 0.29) is 24.4 Å². The van der Waals surface area contributed by atoms with E-state index in [1.54, 1.807) is 0 Å². The molecule has 0 saturated heterocycles. The van der Waals surface area contributed by atoms with Gasteiger partial charge in [-0.1, -0.05) is 89.1 Å². The summed E-state index contributed by atoms with van der Waals surface area (Å²) in [6.45, 7) is 7.88. The molecule has 2 amide bonds. The molecule has 188 valence electrons. The molecule has 2 atom stereocenters. The van der Waals surface area contributed by atoms with Gasteiger partial charge in [-0.25, -0.2) is 9.59 Å². The normalized spacial score (nSPS) is 14.4. The summed E-state index contributed by atoms with van der Waals surface area (Å²) in [4.78, 5) is 37.3. The van der Waals surface area contributed by atoms with Gasteiger partial charge in [-0.05, 0) is 40.5 Å². The number of rotatable bonds is 10. The number of alkyl carbamates (subject to hydrolysis) is 1. The number of carbonyl (C=O) groups excluding carboxylic acids is 2. The van der Waals surface area contributed by atoms with Gasteiger partial charge >= 0.3 is 12.1 Å². The van der Waals surface area contributed by atoms with E-state index in [9.17, 15) is 19.5 Å². The highest BCUT2D eigenvalue weighted by molar-refractivity contribution is 5.89. The molecule has 0 aliphatic heterocycles. The molecule has 0 spiro atoms. The lowest BCUT2D eigenvalue weighted by molar-refractivity contribution is -0.143. The largest absolute Gasteiger partial charge is 0.480 e. The van der Waals surface area contributed by atoms with Crippen LogP contribution in [0.15, 0.2) is 48.5 Å². The second-order valence-electron chi connectivity index (χ2n) is 10.3. The van der Waals surface area contributed by atoms with Crippen LogP contribution >= 0.6 is 0 Å². The number of aliphatic carboxylic acids is 1. The summed E-state index contributed by atoms with van der Waals surface area (Å²) in [5, 5.41) is 14.8. The van der Waals surface area contributed by atoms with Crippen molar-refractivity contribution >= 4 is 18.0 Å². The zero-order chi connectivity index (χ0) is 25.6. The Kier molecular flexibility index (Phi) is 8.54. The quantitative estimate of drug-likeness (QED) is 0.439. The Morgan fingerprint density at radius 2 is 1.51 bits per heavy atom. The first-order valence-corrected chi connectivity index (χ1v) is 12.3. The van der Waals surface area contributed by atoms with Crippen LogP contribution in [0.5, 0.6) is 0 Å². The third kappa shape index (κ3) is 6.84. The zero-order valence-corrected chi connectivity index (χ0v) is 21.0. The van der Waals surface area contributed by atoms with Crippen molar-refractivity contribution < 1.29 is 24.2 Å². The number of amides is 2. The van der Waals surface area contributed by atoms with Gasteiger partial charge in [0.05, 0.1) is 0 Å². The second kappa shape index (κ2) is 11.4. The smallest absolute Gasteiger partial charge is 0.407 e. The molecule has 2 aromatic rings. The van der Waals surface area contributed by atoms with Gasteiger partial charge in [0.1, 0.15) is 18.7 Å². The number of carboxylic acids is 1. The monoisotopic (exact) mass is 480 g/mol. The predicted molar refractivity (Wildman–Crippen MR) is 135 cm³/mol. The predicted octanol–water partition coefficient (Wildman–Crippen LogP) is 5.09. The Morgan fingerprint density at radius 3 is 2.03 bits per heavy atom. The summed E-state index contributed by atoms with van der Waals surface area (Å²) in [6.07, 6.45) is 1.53. The summed E-state index contributed by atoms with van der Waals surface area (Å²) < 4.78 is 5.59. The highest BCUT2D eigenvalue weighted by Gasteiger charge is 2.31. The Hall–Kier alpha value is -3.35. The number of ether oxygens (including phenoxy) is 1. The molecule has 0 bridgehead atoms. The molecule has 0 radical (unpaired) electrons. The van der Waals surface area contributed by atoms with Gasteiger partial charge < -0.3 is 20.5 Å².